The molecule has 0 aliphatic rings. The summed E-state index contributed by atoms with van der Waals surface area (Å²) < 4.78 is 0.780. The molecule has 0 aromatic heterocycles. The predicted octanol–water partition coefficient (Wildman–Crippen LogP) is 4.99. The minimum atomic E-state index is -0.0788. The van der Waals surface area contributed by atoms with Gasteiger partial charge in [-0.3, -0.25) is 4.79 Å². The van der Waals surface area contributed by atoms with Gasteiger partial charge in [0.25, 0.3) is 0 Å². The van der Waals surface area contributed by atoms with Crippen LogP contribution in [-0.2, 0) is 0 Å². The van der Waals surface area contributed by atoms with E-state index in [0.29, 0.717) is 21.2 Å². The molecule has 0 unspecified atom stereocenters. The normalized spacial score (nSPS) is 10.3. The lowest BCUT2D eigenvalue weighted by Crippen LogP contribution is -2.00. The molecule has 2 aromatic rings. The van der Waals surface area contributed by atoms with Crippen molar-refractivity contribution in [2.24, 2.45) is 0 Å². The first-order valence-corrected chi connectivity index (χ1v) is 6.37. The van der Waals surface area contributed by atoms with E-state index in [1.807, 2.05) is 0 Å². The average molecular weight is 330 g/mol. The molecule has 0 saturated carbocycles. The van der Waals surface area contributed by atoms with Gasteiger partial charge < -0.3 is 0 Å². The number of ketones is 1. The van der Waals surface area contributed by atoms with E-state index in [9.17, 15) is 4.79 Å². The van der Waals surface area contributed by atoms with Crippen LogP contribution < -0.4 is 0 Å². The highest BCUT2D eigenvalue weighted by Gasteiger charge is 2.10. The van der Waals surface area contributed by atoms with Gasteiger partial charge in [-0.1, -0.05) is 39.1 Å². The van der Waals surface area contributed by atoms with Crippen LogP contribution in [0.2, 0.25) is 10.0 Å². The van der Waals surface area contributed by atoms with Crippen molar-refractivity contribution in [3.8, 4) is 0 Å². The van der Waals surface area contributed by atoms with Crippen LogP contribution in [0.1, 0.15) is 15.9 Å². The van der Waals surface area contributed by atoms with Crippen LogP contribution in [0.15, 0.2) is 46.9 Å². The van der Waals surface area contributed by atoms with Gasteiger partial charge >= 0.3 is 0 Å². The van der Waals surface area contributed by atoms with Crippen molar-refractivity contribution < 1.29 is 4.79 Å². The van der Waals surface area contributed by atoms with E-state index in [0.717, 1.165) is 4.47 Å². The Kier molecular flexibility index (Phi) is 3.87. The zero-order chi connectivity index (χ0) is 12.4. The minimum Gasteiger partial charge on any atom is -0.289 e. The first-order valence-electron chi connectivity index (χ1n) is 4.82. The van der Waals surface area contributed by atoms with Crippen LogP contribution in [-0.4, -0.2) is 5.78 Å². The highest BCUT2D eigenvalue weighted by Crippen LogP contribution is 2.22. The van der Waals surface area contributed by atoms with Gasteiger partial charge in [-0.15, -0.1) is 0 Å². The molecular formula is C13H7BrCl2O. The molecule has 0 N–H and O–H groups in total. The van der Waals surface area contributed by atoms with Crippen LogP contribution in [0.25, 0.3) is 0 Å². The summed E-state index contributed by atoms with van der Waals surface area (Å²) in [6, 6.07) is 11.9. The SMILES string of the molecule is O=C(c1ccc(Cl)cc1)c1cc(Cl)cc(Br)c1. The lowest BCUT2D eigenvalue weighted by Gasteiger charge is -2.03. The fraction of sp³-hybridized carbons (Fsp3) is 0. The van der Waals surface area contributed by atoms with Gasteiger partial charge in [0.05, 0.1) is 0 Å². The van der Waals surface area contributed by atoms with Gasteiger partial charge in [-0.2, -0.15) is 0 Å². The Morgan fingerprint density at radius 1 is 0.882 bits per heavy atom. The molecule has 2 rings (SSSR count). The highest BCUT2D eigenvalue weighted by molar-refractivity contribution is 9.10. The highest BCUT2D eigenvalue weighted by atomic mass is 79.9. The Morgan fingerprint density at radius 3 is 2.12 bits per heavy atom. The fourth-order valence-electron chi connectivity index (χ4n) is 1.45. The predicted molar refractivity (Wildman–Crippen MR) is 74.0 cm³/mol. The molecule has 86 valence electrons. The second-order valence-corrected chi connectivity index (χ2v) is 5.28. The van der Waals surface area contributed by atoms with E-state index >= 15 is 0 Å². The summed E-state index contributed by atoms with van der Waals surface area (Å²) in [5, 5.41) is 1.13. The number of benzene rings is 2. The Morgan fingerprint density at radius 2 is 1.53 bits per heavy atom. The molecule has 4 heteroatoms. The third kappa shape index (κ3) is 3.09. The Bertz CT molecular complexity index is 544. The average Bonchev–Trinajstić information content (AvgIpc) is 2.28. The van der Waals surface area contributed by atoms with Gasteiger partial charge in [0.2, 0.25) is 0 Å². The van der Waals surface area contributed by atoms with Gasteiger partial charge in [-0.05, 0) is 42.5 Å². The summed E-state index contributed by atoms with van der Waals surface area (Å²) in [6.07, 6.45) is 0. The molecule has 0 fully saturated rings. The van der Waals surface area contributed by atoms with Crippen LogP contribution >= 0.6 is 39.1 Å². The lowest BCUT2D eigenvalue weighted by molar-refractivity contribution is 0.103. The molecule has 0 aliphatic heterocycles. The largest absolute Gasteiger partial charge is 0.289 e. The summed E-state index contributed by atoms with van der Waals surface area (Å²) in [5.74, 6) is -0.0788. The molecule has 0 radical (unpaired) electrons. The van der Waals surface area contributed by atoms with Gasteiger partial charge in [0.15, 0.2) is 5.78 Å². The number of rotatable bonds is 2. The van der Waals surface area contributed by atoms with Gasteiger partial charge in [-0.25, -0.2) is 0 Å². The van der Waals surface area contributed by atoms with E-state index in [1.54, 1.807) is 42.5 Å². The molecular weight excluding hydrogens is 323 g/mol. The molecule has 0 aliphatic carbocycles. The van der Waals surface area contributed by atoms with Crippen LogP contribution in [0.5, 0.6) is 0 Å². The summed E-state index contributed by atoms with van der Waals surface area (Å²) in [6.45, 7) is 0. The van der Waals surface area contributed by atoms with Crippen molar-refractivity contribution in [1.82, 2.24) is 0 Å². The van der Waals surface area contributed by atoms with Crippen molar-refractivity contribution in [3.63, 3.8) is 0 Å². The lowest BCUT2D eigenvalue weighted by atomic mass is 10.0. The second-order valence-electron chi connectivity index (χ2n) is 3.49. The molecule has 2 aromatic carbocycles. The van der Waals surface area contributed by atoms with Crippen LogP contribution in [0, 0.1) is 0 Å². The van der Waals surface area contributed by atoms with Crippen molar-refractivity contribution in [2.75, 3.05) is 0 Å². The van der Waals surface area contributed by atoms with Gasteiger partial charge in [0, 0.05) is 25.6 Å². The molecule has 1 nitrogen and oxygen atoms in total. The molecule has 0 heterocycles. The van der Waals surface area contributed by atoms with Crippen molar-refractivity contribution in [1.29, 1.82) is 0 Å². The maximum Gasteiger partial charge on any atom is 0.193 e. The summed E-state index contributed by atoms with van der Waals surface area (Å²) in [5.41, 5.74) is 1.13. The maximum atomic E-state index is 12.1. The minimum absolute atomic E-state index is 0.0788. The zero-order valence-electron chi connectivity index (χ0n) is 8.58. The molecule has 0 amide bonds. The smallest absolute Gasteiger partial charge is 0.193 e. The van der Waals surface area contributed by atoms with E-state index in [1.165, 1.54) is 0 Å². The van der Waals surface area contributed by atoms with E-state index in [-0.39, 0.29) is 5.78 Å². The maximum absolute atomic E-state index is 12.1. The quantitative estimate of drug-likeness (QED) is 0.709. The Labute approximate surface area is 117 Å². The first-order chi connectivity index (χ1) is 8.06. The molecule has 17 heavy (non-hydrogen) atoms. The number of hydrogen-bond donors (Lipinski definition) is 0. The van der Waals surface area contributed by atoms with Crippen molar-refractivity contribution in [3.05, 3.63) is 68.1 Å². The standard InChI is InChI=1S/C13H7BrCl2O/c14-10-5-9(6-12(16)7-10)13(17)8-1-3-11(15)4-2-8/h1-7H. The third-order valence-electron chi connectivity index (χ3n) is 2.23. The number of hydrogen-bond acceptors (Lipinski definition) is 1. The monoisotopic (exact) mass is 328 g/mol. The summed E-state index contributed by atoms with van der Waals surface area (Å²) in [7, 11) is 0. The van der Waals surface area contributed by atoms with Crippen molar-refractivity contribution >= 4 is 44.9 Å². The molecule has 0 atom stereocenters. The second kappa shape index (κ2) is 5.21. The zero-order valence-corrected chi connectivity index (χ0v) is 11.7. The molecule has 0 saturated heterocycles. The number of carbonyl (C=O) groups is 1. The number of carbonyl (C=O) groups excluding carboxylic acids is 1. The van der Waals surface area contributed by atoms with Gasteiger partial charge in [0.1, 0.15) is 0 Å². The van der Waals surface area contributed by atoms with E-state index in [4.69, 9.17) is 23.2 Å². The van der Waals surface area contributed by atoms with Crippen LogP contribution in [0.4, 0.5) is 0 Å². The first kappa shape index (κ1) is 12.6. The molecule has 0 spiro atoms. The van der Waals surface area contributed by atoms with E-state index < -0.39 is 0 Å². The Balaban J connectivity index is 2.40. The summed E-state index contributed by atoms with van der Waals surface area (Å²) >= 11 is 15.0. The Hall–Kier alpha value is -0.830. The summed E-state index contributed by atoms with van der Waals surface area (Å²) in [4.78, 5) is 12.1. The third-order valence-corrected chi connectivity index (χ3v) is 3.16. The fourth-order valence-corrected chi connectivity index (χ4v) is 2.44. The molecule has 0 bridgehead atoms. The topological polar surface area (TPSA) is 17.1 Å². The van der Waals surface area contributed by atoms with Crippen molar-refractivity contribution in [2.45, 2.75) is 0 Å². The number of halogens is 3. The van der Waals surface area contributed by atoms with Crippen LogP contribution in [0.3, 0.4) is 0 Å². The van der Waals surface area contributed by atoms with E-state index in [2.05, 4.69) is 15.9 Å².